The molecule has 0 bridgehead atoms. The molecule has 88 valence electrons. The first-order valence-corrected chi connectivity index (χ1v) is 5.54. The molecule has 1 fully saturated rings. The number of fused-ring (bicyclic) bond motifs is 1. The van der Waals surface area contributed by atoms with Gasteiger partial charge in [0, 0.05) is 31.4 Å². The third-order valence-electron chi connectivity index (χ3n) is 2.77. The summed E-state index contributed by atoms with van der Waals surface area (Å²) in [5.41, 5.74) is 1.56. The van der Waals surface area contributed by atoms with Gasteiger partial charge in [-0.1, -0.05) is 0 Å². The van der Waals surface area contributed by atoms with Crippen LogP contribution >= 0.6 is 0 Å². The van der Waals surface area contributed by atoms with Crippen LogP contribution in [0.1, 0.15) is 0 Å². The predicted molar refractivity (Wildman–Crippen MR) is 63.4 cm³/mol. The van der Waals surface area contributed by atoms with Crippen molar-refractivity contribution in [2.24, 2.45) is 0 Å². The average molecular weight is 231 g/mol. The highest BCUT2D eigenvalue weighted by Gasteiger charge is 2.19. The lowest BCUT2D eigenvalue weighted by Crippen LogP contribution is -2.50. The maximum atomic E-state index is 5.84. The van der Waals surface area contributed by atoms with E-state index in [9.17, 15) is 0 Å². The minimum absolute atomic E-state index is 0.230. The highest BCUT2D eigenvalue weighted by Crippen LogP contribution is 2.25. The van der Waals surface area contributed by atoms with Crippen molar-refractivity contribution < 1.29 is 9.47 Å². The lowest BCUT2D eigenvalue weighted by Gasteiger charge is -2.27. The first-order chi connectivity index (χ1) is 8.36. The van der Waals surface area contributed by atoms with Crippen LogP contribution in [-0.2, 0) is 0 Å². The maximum Gasteiger partial charge on any atom is 0.213 e. The number of pyridine rings is 2. The van der Waals surface area contributed by atoms with Crippen molar-refractivity contribution in [2.45, 2.75) is 6.10 Å². The van der Waals surface area contributed by atoms with Gasteiger partial charge >= 0.3 is 0 Å². The van der Waals surface area contributed by atoms with E-state index in [1.54, 1.807) is 19.4 Å². The van der Waals surface area contributed by atoms with Crippen molar-refractivity contribution in [3.8, 4) is 11.6 Å². The molecule has 2 aromatic rings. The topological polar surface area (TPSA) is 56.3 Å². The summed E-state index contributed by atoms with van der Waals surface area (Å²) in [5, 5.41) is 3.17. The number of nitrogens with one attached hydrogen (secondary N) is 1. The van der Waals surface area contributed by atoms with Gasteiger partial charge in [-0.15, -0.1) is 0 Å². The minimum Gasteiger partial charge on any atom is -0.485 e. The van der Waals surface area contributed by atoms with Crippen molar-refractivity contribution in [1.29, 1.82) is 0 Å². The smallest absolute Gasteiger partial charge is 0.213 e. The number of ether oxygens (including phenoxy) is 2. The van der Waals surface area contributed by atoms with E-state index in [1.165, 1.54) is 0 Å². The molecule has 0 unspecified atom stereocenters. The van der Waals surface area contributed by atoms with E-state index in [4.69, 9.17) is 9.47 Å². The van der Waals surface area contributed by atoms with E-state index in [1.807, 2.05) is 12.1 Å². The standard InChI is InChI=1S/C12H13N3O2/c1-16-11-3-2-9-12(15-11)10(4-5-14-9)17-8-6-13-7-8/h2-5,8,13H,6-7H2,1H3. The Hall–Kier alpha value is -1.88. The quantitative estimate of drug-likeness (QED) is 0.853. The average Bonchev–Trinajstić information content (AvgIpc) is 2.33. The van der Waals surface area contributed by atoms with Crippen molar-refractivity contribution in [1.82, 2.24) is 15.3 Å². The van der Waals surface area contributed by atoms with Gasteiger partial charge in [-0.05, 0) is 6.07 Å². The molecule has 1 N–H and O–H groups in total. The molecule has 0 aromatic carbocycles. The number of nitrogens with zero attached hydrogens (tertiary/aromatic N) is 2. The zero-order chi connectivity index (χ0) is 11.7. The van der Waals surface area contributed by atoms with Gasteiger partial charge in [-0.2, -0.15) is 0 Å². The molecule has 1 saturated heterocycles. The zero-order valence-electron chi connectivity index (χ0n) is 9.51. The summed E-state index contributed by atoms with van der Waals surface area (Å²) in [5.74, 6) is 1.34. The lowest BCUT2D eigenvalue weighted by atomic mass is 10.2. The Kier molecular flexibility index (Phi) is 2.53. The summed E-state index contributed by atoms with van der Waals surface area (Å²) >= 11 is 0. The molecule has 0 saturated carbocycles. The fourth-order valence-corrected chi connectivity index (χ4v) is 1.72. The van der Waals surface area contributed by atoms with Crippen LogP contribution in [0, 0.1) is 0 Å². The zero-order valence-corrected chi connectivity index (χ0v) is 9.51. The molecule has 1 aliphatic rings. The molecule has 0 radical (unpaired) electrons. The second-order valence-electron chi connectivity index (χ2n) is 3.93. The van der Waals surface area contributed by atoms with Crippen LogP contribution in [0.25, 0.3) is 11.0 Å². The Morgan fingerprint density at radius 3 is 2.88 bits per heavy atom. The molecule has 0 aliphatic carbocycles. The third kappa shape index (κ3) is 1.89. The second kappa shape index (κ2) is 4.18. The van der Waals surface area contributed by atoms with Gasteiger partial charge in [0.05, 0.1) is 12.6 Å². The predicted octanol–water partition coefficient (Wildman–Crippen LogP) is 0.989. The maximum absolute atomic E-state index is 5.84. The Labute approximate surface area is 98.8 Å². The number of rotatable bonds is 3. The van der Waals surface area contributed by atoms with E-state index >= 15 is 0 Å². The van der Waals surface area contributed by atoms with Crippen molar-refractivity contribution in [3.05, 3.63) is 24.4 Å². The Balaban J connectivity index is 2.02. The molecule has 1 aliphatic heterocycles. The fourth-order valence-electron chi connectivity index (χ4n) is 1.72. The molecule has 0 atom stereocenters. The van der Waals surface area contributed by atoms with Gasteiger partial charge in [-0.3, -0.25) is 4.98 Å². The van der Waals surface area contributed by atoms with Crippen LogP contribution in [0.5, 0.6) is 11.6 Å². The monoisotopic (exact) mass is 231 g/mol. The van der Waals surface area contributed by atoms with Crippen LogP contribution in [0.3, 0.4) is 0 Å². The normalized spacial score (nSPS) is 15.6. The Bertz CT molecular complexity index is 540. The first-order valence-electron chi connectivity index (χ1n) is 5.54. The molecule has 17 heavy (non-hydrogen) atoms. The number of aromatic nitrogens is 2. The summed E-state index contributed by atoms with van der Waals surface area (Å²) in [4.78, 5) is 8.63. The van der Waals surface area contributed by atoms with Crippen molar-refractivity contribution in [3.63, 3.8) is 0 Å². The molecular formula is C12H13N3O2. The van der Waals surface area contributed by atoms with Crippen LogP contribution in [0.15, 0.2) is 24.4 Å². The van der Waals surface area contributed by atoms with E-state index in [2.05, 4.69) is 15.3 Å². The lowest BCUT2D eigenvalue weighted by molar-refractivity contribution is 0.144. The Morgan fingerprint density at radius 1 is 1.29 bits per heavy atom. The van der Waals surface area contributed by atoms with Crippen LogP contribution in [0.2, 0.25) is 0 Å². The second-order valence-corrected chi connectivity index (χ2v) is 3.93. The molecule has 0 amide bonds. The van der Waals surface area contributed by atoms with Crippen LogP contribution in [-0.4, -0.2) is 36.3 Å². The summed E-state index contributed by atoms with van der Waals surface area (Å²) in [6.07, 6.45) is 1.96. The van der Waals surface area contributed by atoms with E-state index in [-0.39, 0.29) is 6.10 Å². The number of methoxy groups -OCH3 is 1. The first kappa shape index (κ1) is 10.3. The van der Waals surface area contributed by atoms with Gasteiger partial charge in [0.1, 0.15) is 17.4 Å². The van der Waals surface area contributed by atoms with Gasteiger partial charge in [0.25, 0.3) is 0 Å². The van der Waals surface area contributed by atoms with E-state index in [0.717, 1.165) is 29.9 Å². The summed E-state index contributed by atoms with van der Waals surface area (Å²) in [7, 11) is 1.60. The van der Waals surface area contributed by atoms with Crippen LogP contribution < -0.4 is 14.8 Å². The molecule has 5 heteroatoms. The third-order valence-corrected chi connectivity index (χ3v) is 2.77. The molecule has 3 heterocycles. The molecule has 2 aromatic heterocycles. The van der Waals surface area contributed by atoms with Gasteiger partial charge in [0.15, 0.2) is 0 Å². The SMILES string of the molecule is COc1ccc2nccc(OC3CNC3)c2n1. The fraction of sp³-hybridized carbons (Fsp3) is 0.333. The summed E-state index contributed by atoms with van der Waals surface area (Å²) in [6.45, 7) is 1.77. The summed E-state index contributed by atoms with van der Waals surface area (Å²) in [6, 6.07) is 5.52. The molecule has 0 spiro atoms. The highest BCUT2D eigenvalue weighted by atomic mass is 16.5. The van der Waals surface area contributed by atoms with Gasteiger partial charge in [-0.25, -0.2) is 4.98 Å². The highest BCUT2D eigenvalue weighted by molar-refractivity contribution is 5.81. The minimum atomic E-state index is 0.230. The van der Waals surface area contributed by atoms with Crippen LogP contribution in [0.4, 0.5) is 0 Å². The van der Waals surface area contributed by atoms with E-state index < -0.39 is 0 Å². The summed E-state index contributed by atoms with van der Waals surface area (Å²) < 4.78 is 11.0. The molecular weight excluding hydrogens is 218 g/mol. The number of hydrogen-bond acceptors (Lipinski definition) is 5. The molecule has 5 nitrogen and oxygen atoms in total. The Morgan fingerprint density at radius 2 is 2.18 bits per heavy atom. The van der Waals surface area contributed by atoms with Gasteiger partial charge in [0.2, 0.25) is 5.88 Å². The number of hydrogen-bond donors (Lipinski definition) is 1. The van der Waals surface area contributed by atoms with Crippen molar-refractivity contribution in [2.75, 3.05) is 20.2 Å². The van der Waals surface area contributed by atoms with Gasteiger partial charge < -0.3 is 14.8 Å². The largest absolute Gasteiger partial charge is 0.485 e. The van der Waals surface area contributed by atoms with Crippen molar-refractivity contribution >= 4 is 11.0 Å². The van der Waals surface area contributed by atoms with E-state index in [0.29, 0.717) is 5.88 Å². The molecule has 3 rings (SSSR count).